The maximum absolute atomic E-state index is 11.8. The number of hydrogen-bond acceptors (Lipinski definition) is 2. The van der Waals surface area contributed by atoms with Gasteiger partial charge in [0.25, 0.3) is 0 Å². The van der Waals surface area contributed by atoms with Gasteiger partial charge in [-0.15, -0.1) is 0 Å². The molecule has 1 aliphatic rings. The van der Waals surface area contributed by atoms with Crippen molar-refractivity contribution in [3.05, 3.63) is 0 Å². The fourth-order valence-electron chi connectivity index (χ4n) is 2.34. The van der Waals surface area contributed by atoms with E-state index in [-0.39, 0.29) is 11.8 Å². The van der Waals surface area contributed by atoms with Gasteiger partial charge < -0.3 is 11.1 Å². The first kappa shape index (κ1) is 13.5. The molecule has 0 radical (unpaired) electrons. The van der Waals surface area contributed by atoms with Crippen LogP contribution in [0.15, 0.2) is 0 Å². The van der Waals surface area contributed by atoms with Gasteiger partial charge in [-0.25, -0.2) is 0 Å². The van der Waals surface area contributed by atoms with Gasteiger partial charge >= 0.3 is 0 Å². The molecule has 1 atom stereocenters. The molecular weight excluding hydrogens is 200 g/mol. The highest BCUT2D eigenvalue weighted by Gasteiger charge is 2.35. The zero-order chi connectivity index (χ0) is 12.0. The molecule has 1 fully saturated rings. The lowest BCUT2D eigenvalue weighted by Crippen LogP contribution is -2.43. The lowest BCUT2D eigenvalue weighted by atomic mass is 9.67. The Morgan fingerprint density at radius 1 is 1.50 bits per heavy atom. The van der Waals surface area contributed by atoms with E-state index >= 15 is 0 Å². The fourth-order valence-corrected chi connectivity index (χ4v) is 2.34. The third-order valence-electron chi connectivity index (χ3n) is 4.09. The summed E-state index contributed by atoms with van der Waals surface area (Å²) < 4.78 is 0. The van der Waals surface area contributed by atoms with Crippen LogP contribution < -0.4 is 11.1 Å². The lowest BCUT2D eigenvalue weighted by molar-refractivity contribution is -0.125. The number of carbonyl (C=O) groups is 1. The maximum Gasteiger partial charge on any atom is 0.222 e. The van der Waals surface area contributed by atoms with Crippen LogP contribution in [-0.4, -0.2) is 19.0 Å². The molecule has 3 nitrogen and oxygen atoms in total. The van der Waals surface area contributed by atoms with Crippen molar-refractivity contribution in [3.8, 4) is 0 Å². The summed E-state index contributed by atoms with van der Waals surface area (Å²) in [5.74, 6) is 0.311. The standard InChI is InChI=1S/C13H26N2O/c1-3-13(7-5-8-13)10-15-12(16)11(2)6-4-9-14/h11H,3-10,14H2,1-2H3,(H,15,16). The van der Waals surface area contributed by atoms with Crippen molar-refractivity contribution in [3.63, 3.8) is 0 Å². The van der Waals surface area contributed by atoms with E-state index in [4.69, 9.17) is 5.73 Å². The van der Waals surface area contributed by atoms with Gasteiger partial charge in [-0.05, 0) is 44.1 Å². The van der Waals surface area contributed by atoms with Crippen molar-refractivity contribution >= 4 is 5.91 Å². The van der Waals surface area contributed by atoms with Crippen LogP contribution in [0.1, 0.15) is 52.4 Å². The smallest absolute Gasteiger partial charge is 0.222 e. The molecular formula is C13H26N2O. The van der Waals surface area contributed by atoms with Crippen molar-refractivity contribution in [1.82, 2.24) is 5.32 Å². The van der Waals surface area contributed by atoms with Crippen LogP contribution in [-0.2, 0) is 4.79 Å². The van der Waals surface area contributed by atoms with Gasteiger partial charge in [-0.2, -0.15) is 0 Å². The Hall–Kier alpha value is -0.570. The molecule has 0 aromatic carbocycles. The summed E-state index contributed by atoms with van der Waals surface area (Å²) in [6, 6.07) is 0. The molecule has 1 amide bonds. The van der Waals surface area contributed by atoms with Crippen molar-refractivity contribution in [2.24, 2.45) is 17.1 Å². The fraction of sp³-hybridized carbons (Fsp3) is 0.923. The van der Waals surface area contributed by atoms with Crippen molar-refractivity contribution in [2.45, 2.75) is 52.4 Å². The minimum Gasteiger partial charge on any atom is -0.355 e. The van der Waals surface area contributed by atoms with Gasteiger partial charge in [0, 0.05) is 12.5 Å². The zero-order valence-corrected chi connectivity index (χ0v) is 10.7. The third kappa shape index (κ3) is 3.48. The first-order chi connectivity index (χ1) is 7.63. The Morgan fingerprint density at radius 2 is 2.19 bits per heavy atom. The van der Waals surface area contributed by atoms with Gasteiger partial charge in [0.15, 0.2) is 0 Å². The van der Waals surface area contributed by atoms with E-state index in [0.29, 0.717) is 12.0 Å². The summed E-state index contributed by atoms with van der Waals surface area (Å²) in [5, 5.41) is 3.11. The topological polar surface area (TPSA) is 55.1 Å². The average Bonchev–Trinajstić information content (AvgIpc) is 2.24. The Morgan fingerprint density at radius 3 is 2.62 bits per heavy atom. The third-order valence-corrected chi connectivity index (χ3v) is 4.09. The summed E-state index contributed by atoms with van der Waals surface area (Å²) in [4.78, 5) is 11.8. The van der Waals surface area contributed by atoms with E-state index in [2.05, 4.69) is 12.2 Å². The second-order valence-corrected chi connectivity index (χ2v) is 5.26. The molecule has 0 heterocycles. The van der Waals surface area contributed by atoms with Crippen molar-refractivity contribution < 1.29 is 4.79 Å². The molecule has 16 heavy (non-hydrogen) atoms. The van der Waals surface area contributed by atoms with Crippen LogP contribution in [0.2, 0.25) is 0 Å². The number of carbonyl (C=O) groups excluding carboxylic acids is 1. The SMILES string of the molecule is CCC1(CNC(=O)C(C)CCCN)CCC1. The number of nitrogens with one attached hydrogen (secondary N) is 1. The lowest BCUT2D eigenvalue weighted by Gasteiger charge is -2.41. The molecule has 0 spiro atoms. The van der Waals surface area contributed by atoms with Gasteiger partial charge in [0.2, 0.25) is 5.91 Å². The molecule has 0 aliphatic heterocycles. The highest BCUT2D eigenvalue weighted by atomic mass is 16.1. The molecule has 1 unspecified atom stereocenters. The molecule has 0 bridgehead atoms. The molecule has 0 aromatic rings. The van der Waals surface area contributed by atoms with Gasteiger partial charge in [-0.1, -0.05) is 20.3 Å². The molecule has 3 N–H and O–H groups in total. The minimum atomic E-state index is 0.109. The predicted molar refractivity (Wildman–Crippen MR) is 67.0 cm³/mol. The molecule has 3 heteroatoms. The largest absolute Gasteiger partial charge is 0.355 e. The first-order valence-electron chi connectivity index (χ1n) is 6.61. The van der Waals surface area contributed by atoms with Crippen molar-refractivity contribution in [2.75, 3.05) is 13.1 Å². The first-order valence-corrected chi connectivity index (χ1v) is 6.61. The van der Waals surface area contributed by atoms with E-state index in [1.54, 1.807) is 0 Å². The van der Waals surface area contributed by atoms with E-state index < -0.39 is 0 Å². The summed E-state index contributed by atoms with van der Waals surface area (Å²) in [6.07, 6.45) is 6.91. The zero-order valence-electron chi connectivity index (χ0n) is 10.7. The normalized spacial score (nSPS) is 19.9. The Labute approximate surface area is 99.2 Å². The second kappa shape index (κ2) is 6.24. The summed E-state index contributed by atoms with van der Waals surface area (Å²) in [6.45, 7) is 5.76. The van der Waals surface area contributed by atoms with Crippen LogP contribution in [0.3, 0.4) is 0 Å². The van der Waals surface area contributed by atoms with Crippen LogP contribution >= 0.6 is 0 Å². The number of rotatable bonds is 7. The Kier molecular flexibility index (Phi) is 5.26. The quantitative estimate of drug-likeness (QED) is 0.698. The van der Waals surface area contributed by atoms with Crippen LogP contribution in [0.4, 0.5) is 0 Å². The highest BCUT2D eigenvalue weighted by Crippen LogP contribution is 2.43. The Balaban J connectivity index is 2.23. The predicted octanol–water partition coefficient (Wildman–Crippen LogP) is 2.06. The van der Waals surface area contributed by atoms with E-state index in [0.717, 1.165) is 19.4 Å². The molecule has 0 aromatic heterocycles. The minimum absolute atomic E-state index is 0.109. The maximum atomic E-state index is 11.8. The van der Waals surface area contributed by atoms with Crippen LogP contribution in [0, 0.1) is 11.3 Å². The Bertz CT molecular complexity index is 218. The molecule has 1 rings (SSSR count). The molecule has 1 aliphatic carbocycles. The van der Waals surface area contributed by atoms with Crippen LogP contribution in [0.5, 0.6) is 0 Å². The summed E-state index contributed by atoms with van der Waals surface area (Å²) in [7, 11) is 0. The van der Waals surface area contributed by atoms with Gasteiger partial charge in [-0.3, -0.25) is 4.79 Å². The van der Waals surface area contributed by atoms with Gasteiger partial charge in [0.1, 0.15) is 0 Å². The second-order valence-electron chi connectivity index (χ2n) is 5.26. The molecule has 1 saturated carbocycles. The van der Waals surface area contributed by atoms with Gasteiger partial charge in [0.05, 0.1) is 0 Å². The number of nitrogens with two attached hydrogens (primary N) is 1. The monoisotopic (exact) mass is 226 g/mol. The van der Waals surface area contributed by atoms with E-state index in [1.807, 2.05) is 6.92 Å². The number of amides is 1. The van der Waals surface area contributed by atoms with Crippen LogP contribution in [0.25, 0.3) is 0 Å². The van der Waals surface area contributed by atoms with E-state index in [1.165, 1.54) is 25.7 Å². The summed E-state index contributed by atoms with van der Waals surface area (Å²) in [5.41, 5.74) is 5.86. The molecule has 0 saturated heterocycles. The van der Waals surface area contributed by atoms with Crippen molar-refractivity contribution in [1.29, 1.82) is 0 Å². The number of hydrogen-bond donors (Lipinski definition) is 2. The van der Waals surface area contributed by atoms with E-state index in [9.17, 15) is 4.79 Å². The highest BCUT2D eigenvalue weighted by molar-refractivity contribution is 5.78. The average molecular weight is 226 g/mol. The summed E-state index contributed by atoms with van der Waals surface area (Å²) >= 11 is 0. The molecule has 94 valence electrons.